The average molecular weight is 1870 g/mol. The molecule has 0 saturated heterocycles. The van der Waals surface area contributed by atoms with Gasteiger partial charge in [0.25, 0.3) is 0 Å². The molecule has 0 spiro atoms. The van der Waals surface area contributed by atoms with E-state index in [2.05, 4.69) is 226 Å². The number of hydrogen-bond donors (Lipinski definition) is 4. The smallest absolute Gasteiger partial charge is 0.850 e. The van der Waals surface area contributed by atoms with E-state index in [1.54, 1.807) is 83.1 Å². The number of hydrogen-bond acceptors (Lipinski definition) is 8. The van der Waals surface area contributed by atoms with E-state index in [-0.39, 0.29) is 205 Å². The van der Waals surface area contributed by atoms with Gasteiger partial charge in [0.15, 0.2) is 0 Å². The number of aromatic nitrogens is 4. The maximum absolute atomic E-state index is 10.1. The van der Waals surface area contributed by atoms with Crippen LogP contribution in [-0.2, 0) is 0 Å². The van der Waals surface area contributed by atoms with Crippen molar-refractivity contribution in [2.45, 2.75) is 328 Å². The first-order valence-electron chi connectivity index (χ1n) is 37.7. The van der Waals surface area contributed by atoms with Gasteiger partial charge in [0.2, 0.25) is 0 Å². The molecular weight excluding hydrogens is 1700 g/mol. The fourth-order valence-electron chi connectivity index (χ4n) is 5.68. The zero-order valence-electron chi connectivity index (χ0n) is 78.8. The molecule has 24 heteroatoms. The summed E-state index contributed by atoms with van der Waals surface area (Å²) in [6.07, 6.45) is 5.54. The van der Waals surface area contributed by atoms with Crippen LogP contribution in [0.15, 0.2) is 72.8 Å². The molecule has 0 unspecified atom stereocenters. The minimum absolute atomic E-state index is 0. The Morgan fingerprint density at radius 1 is 0.292 bits per heavy atom. The fourth-order valence-corrected chi connectivity index (χ4v) is 9.81. The summed E-state index contributed by atoms with van der Waals surface area (Å²) < 4.78 is 0. The number of pyridine rings is 4. The number of aryl methyl sites for hydroxylation is 4. The van der Waals surface area contributed by atoms with Crippen molar-refractivity contribution in [3.8, 4) is 0 Å². The summed E-state index contributed by atoms with van der Waals surface area (Å²) >= 11 is 0. The quantitative estimate of drug-likeness (QED) is 0.0588. The van der Waals surface area contributed by atoms with Gasteiger partial charge >= 0.3 is 184 Å². The predicted molar refractivity (Wildman–Crippen MR) is 456 cm³/mol. The molecule has 0 aliphatic rings. The van der Waals surface area contributed by atoms with Gasteiger partial charge in [-0.1, -0.05) is 377 Å². The van der Waals surface area contributed by atoms with Gasteiger partial charge in [0, 0.05) is 0 Å². The Morgan fingerprint density at radius 3 is 0.500 bits per heavy atom. The summed E-state index contributed by atoms with van der Waals surface area (Å²) in [5.41, 5.74) is 1.15. The molecule has 4 aromatic heterocycles. The largest absolute Gasteiger partial charge is 3.00 e. The molecule has 604 valence electrons. The number of unbranched alkanes of at least 4 members (excludes halogenated alkanes) is 3. The Hall–Kier alpha value is 2.32. The second-order valence-corrected chi connectivity index (χ2v) is 57.6. The van der Waals surface area contributed by atoms with Crippen LogP contribution in [0.4, 0.5) is 23.3 Å². The van der Waals surface area contributed by atoms with E-state index in [1.807, 2.05) is 100 Å². The summed E-state index contributed by atoms with van der Waals surface area (Å²) in [5.74, 6) is 3.56. The number of nitrogens with one attached hydrogen (secondary N) is 4. The van der Waals surface area contributed by atoms with Crippen LogP contribution in [0.25, 0.3) is 19.9 Å². The number of nitrogens with zero attached hydrogens (tertiary/aromatic N) is 8. The molecule has 2 radical (unpaired) electrons. The molecule has 0 aliphatic heterocycles. The Labute approximate surface area is 814 Å². The van der Waals surface area contributed by atoms with Gasteiger partial charge < -0.3 is 79.9 Å². The molecule has 106 heavy (non-hydrogen) atoms. The first-order chi connectivity index (χ1) is 45.1. The molecule has 4 aromatic rings. The van der Waals surface area contributed by atoms with Crippen LogP contribution in [0.1, 0.15) is 228 Å². The minimum Gasteiger partial charge on any atom is -0.850 e. The molecule has 0 aromatic carbocycles. The third kappa shape index (κ3) is 95.2. The predicted octanol–water partition coefficient (Wildman–Crippen LogP) is 9.33. The second-order valence-electron chi connectivity index (χ2n) is 38.2. The Kier molecular flexibility index (Phi) is 78.8. The maximum atomic E-state index is 10.1. The molecule has 0 saturated carbocycles. The zero-order valence-corrected chi connectivity index (χ0v) is 95.5. The Morgan fingerprint density at radius 2 is 0.415 bits per heavy atom. The monoisotopic (exact) mass is 1860 g/mol. The average Bonchev–Trinajstić information content (AvgIpc) is 0.847. The van der Waals surface area contributed by atoms with Crippen LogP contribution >= 0.6 is 0 Å². The molecule has 0 atom stereocenters. The Bertz CT molecular complexity index is 2330. The van der Waals surface area contributed by atoms with E-state index >= 15 is 0 Å². The molecular formula is C82H170K2N12Nd2O4Si4+4. The number of likely N-dealkylation sites (N-methyl/N-ethyl adjacent to an activating group) is 4. The zero-order chi connectivity index (χ0) is 82.7. The van der Waals surface area contributed by atoms with Gasteiger partial charge in [-0.05, 0) is 47.8 Å². The van der Waals surface area contributed by atoms with Gasteiger partial charge in [-0.15, -0.1) is 22.4 Å². The van der Waals surface area contributed by atoms with Gasteiger partial charge in [-0.2, -0.15) is 0 Å². The van der Waals surface area contributed by atoms with E-state index in [1.165, 1.54) is 71.5 Å². The van der Waals surface area contributed by atoms with Crippen molar-refractivity contribution in [3.05, 3.63) is 116 Å². The molecule has 0 amide bonds. The van der Waals surface area contributed by atoms with Crippen molar-refractivity contribution in [1.29, 1.82) is 0 Å². The summed E-state index contributed by atoms with van der Waals surface area (Å²) in [6.45, 7) is 82.6. The first-order valence-corrected chi connectivity index (χ1v) is 49.5. The maximum Gasteiger partial charge on any atom is 3.00 e. The van der Waals surface area contributed by atoms with Crippen molar-refractivity contribution in [2.75, 3.05) is 82.6 Å². The van der Waals surface area contributed by atoms with Crippen LogP contribution in [0, 0.1) is 109 Å². The molecule has 0 aliphatic carbocycles. The molecule has 4 heterocycles. The topological polar surface area (TPSA) is 218 Å². The molecule has 16 nitrogen and oxygen atoms in total. The van der Waals surface area contributed by atoms with E-state index in [0.717, 1.165) is 46.0 Å². The van der Waals surface area contributed by atoms with Gasteiger partial charge in [-0.25, -0.2) is 0 Å². The second kappa shape index (κ2) is 63.4. The van der Waals surface area contributed by atoms with Crippen LogP contribution in [0.2, 0.25) is 72.5 Å². The van der Waals surface area contributed by atoms with E-state index in [0.29, 0.717) is 0 Å². The van der Waals surface area contributed by atoms with Crippen molar-refractivity contribution >= 4 is 56.2 Å². The van der Waals surface area contributed by atoms with Crippen LogP contribution in [-0.4, -0.2) is 158 Å². The van der Waals surface area contributed by atoms with Crippen molar-refractivity contribution < 1.29 is 224 Å². The van der Waals surface area contributed by atoms with Crippen LogP contribution < -0.4 is 143 Å². The minimum atomic E-state index is -1.61. The summed E-state index contributed by atoms with van der Waals surface area (Å²) in [7, 11) is 11.0. The van der Waals surface area contributed by atoms with Crippen LogP contribution in [0.3, 0.4) is 0 Å². The molecule has 4 N–H and O–H groups in total. The van der Waals surface area contributed by atoms with E-state index in [9.17, 15) is 20.4 Å². The normalized spacial score (nSPS) is 11.6. The van der Waals surface area contributed by atoms with Gasteiger partial charge in [-0.3, -0.25) is 0 Å². The summed E-state index contributed by atoms with van der Waals surface area (Å²) in [6, 6.07) is 24.1. The van der Waals surface area contributed by atoms with E-state index < -0.39 is 55.3 Å². The molecule has 0 fully saturated rings. The SMILES string of the molecule is CC(C)(C)[O-].CC(C)(C)[O-].CC(C)(C)[O-].CC(C)(C)[O-].CCCCCC.C[NH+](C)CC[NH+](C)C.C[NH+](C)CC[NH+](C)C.Cc1cccc([N-][Si](C)(C)C(C)(C)C)n1.Cc1cccc([N-][Si](C)(C)C(C)(C)C)n1.Cc1cccc([N-][Si](C)(C)C(C)(C)C)n1.Cc1cccc([N-][Si](C)(C)C(C)(C)C)n1.[K+].[K+].[Nd+3].[Nd+3]. The summed E-state index contributed by atoms with van der Waals surface area (Å²) in [5, 5.41) is 41.5. The molecule has 0 bridgehead atoms. The van der Waals surface area contributed by atoms with Crippen LogP contribution in [0.5, 0.6) is 0 Å². The van der Waals surface area contributed by atoms with E-state index in [4.69, 9.17) is 19.9 Å². The van der Waals surface area contributed by atoms with Crippen molar-refractivity contribution in [3.63, 3.8) is 0 Å². The van der Waals surface area contributed by atoms with Crippen molar-refractivity contribution in [1.82, 2.24) is 19.9 Å². The summed E-state index contributed by atoms with van der Waals surface area (Å²) in [4.78, 5) is 43.3. The number of rotatable bonds is 17. The first kappa shape index (κ1) is 132. The third-order valence-electron chi connectivity index (χ3n) is 15.6. The fraction of sp³-hybridized carbons (Fsp3) is 0.756. The van der Waals surface area contributed by atoms with Gasteiger partial charge in [0.05, 0.1) is 89.3 Å². The van der Waals surface area contributed by atoms with Crippen molar-refractivity contribution in [2.24, 2.45) is 0 Å². The number of quaternary nitrogens is 4. The van der Waals surface area contributed by atoms with Gasteiger partial charge in [0.1, 0.15) is 26.2 Å². The Balaban J connectivity index is -0.000000107. The standard InChI is InChI=1S/4C12H21N2Si.2C6H16N2.C6H14.4C4H9O.2K.2Nd/c4*1-10-8-7-9-11(13-10)14-15(5,6)12(2,3)4;2*1-7(2)5-6-8(3)4;1-3-5-6-4-2;4*1-4(2,3)5;;;;/h4*7-9H,1-6H3;2*5-6H2,1-4H3;3-6H2,1-2H3;4*1-3H3;;;;/q4*-1;;;;4*-1;2*+1;2*+3/p+4. The molecule has 4 rings (SSSR count). The third-order valence-corrected chi connectivity index (χ3v) is 33.5.